The quantitative estimate of drug-likeness (QED) is 0.785. The molecule has 1 saturated heterocycles. The normalized spacial score (nSPS) is 22.8. The van der Waals surface area contributed by atoms with Crippen molar-refractivity contribution < 1.29 is 9.59 Å². The summed E-state index contributed by atoms with van der Waals surface area (Å²) in [7, 11) is 5.35. The summed E-state index contributed by atoms with van der Waals surface area (Å²) >= 11 is 0. The molecule has 2 rings (SSSR count). The Balaban J connectivity index is 1.98. The Bertz CT molecular complexity index is 433. The topological polar surface area (TPSA) is 55.9 Å². The Morgan fingerprint density at radius 2 is 2.14 bits per heavy atom. The minimum absolute atomic E-state index is 0.0535. The molecule has 0 saturated carbocycles. The molecule has 1 N–H and O–H groups in total. The maximum atomic E-state index is 12.4. The van der Waals surface area contributed by atoms with Crippen LogP contribution in [0.2, 0.25) is 0 Å². The fraction of sp³-hybridized carbons (Fsp3) is 0.733. The van der Waals surface area contributed by atoms with Crippen LogP contribution < -0.4 is 5.32 Å². The number of carbonyl (C=O) groups is 2. The van der Waals surface area contributed by atoms with Gasteiger partial charge in [0.15, 0.2) is 0 Å². The number of nitrogens with one attached hydrogen (secondary N) is 1. The molecule has 118 valence electrons. The average Bonchev–Trinajstić information content (AvgIpc) is 3.00. The molecule has 21 heavy (non-hydrogen) atoms. The van der Waals surface area contributed by atoms with Gasteiger partial charge in [-0.25, -0.2) is 0 Å². The van der Waals surface area contributed by atoms with Crippen molar-refractivity contribution in [1.29, 1.82) is 0 Å². The SMILES string of the molecule is CN(C)C(=O)C1CNCCN1CC(=O)N(C)C1=CCCC1. The summed E-state index contributed by atoms with van der Waals surface area (Å²) in [6.45, 7) is 2.45. The molecular formula is C15H26N4O2. The van der Waals surface area contributed by atoms with Crippen LogP contribution in [0.3, 0.4) is 0 Å². The molecule has 0 aromatic rings. The number of allylic oxidation sites excluding steroid dienone is 2. The van der Waals surface area contributed by atoms with Crippen molar-refractivity contribution in [3.63, 3.8) is 0 Å². The lowest BCUT2D eigenvalue weighted by atomic mass is 10.1. The van der Waals surface area contributed by atoms with E-state index in [2.05, 4.69) is 11.4 Å². The van der Waals surface area contributed by atoms with Gasteiger partial charge in [0.2, 0.25) is 11.8 Å². The van der Waals surface area contributed by atoms with Gasteiger partial charge < -0.3 is 15.1 Å². The Morgan fingerprint density at radius 3 is 2.76 bits per heavy atom. The summed E-state index contributed by atoms with van der Waals surface area (Å²) in [4.78, 5) is 30.0. The van der Waals surface area contributed by atoms with Crippen molar-refractivity contribution in [3.05, 3.63) is 11.8 Å². The Kier molecular flexibility index (Phi) is 5.36. The predicted octanol–water partition coefficient (Wildman–Crippen LogP) is -0.125. The summed E-state index contributed by atoms with van der Waals surface area (Å²) in [5.74, 6) is 0.124. The molecule has 1 unspecified atom stereocenters. The van der Waals surface area contributed by atoms with Gasteiger partial charge in [0.1, 0.15) is 6.04 Å². The van der Waals surface area contributed by atoms with Crippen molar-refractivity contribution in [1.82, 2.24) is 20.0 Å². The zero-order chi connectivity index (χ0) is 15.4. The van der Waals surface area contributed by atoms with Crippen molar-refractivity contribution in [2.75, 3.05) is 47.3 Å². The lowest BCUT2D eigenvalue weighted by molar-refractivity contribution is -0.137. The predicted molar refractivity (Wildman–Crippen MR) is 81.6 cm³/mol. The van der Waals surface area contributed by atoms with Crippen LogP contribution in [0.25, 0.3) is 0 Å². The molecule has 1 heterocycles. The van der Waals surface area contributed by atoms with E-state index in [0.29, 0.717) is 13.1 Å². The maximum absolute atomic E-state index is 12.4. The molecule has 1 atom stereocenters. The fourth-order valence-corrected chi connectivity index (χ4v) is 2.88. The van der Waals surface area contributed by atoms with Gasteiger partial charge in [-0.15, -0.1) is 0 Å². The highest BCUT2D eigenvalue weighted by atomic mass is 16.2. The van der Waals surface area contributed by atoms with E-state index < -0.39 is 0 Å². The number of hydrogen-bond acceptors (Lipinski definition) is 4. The Labute approximate surface area is 126 Å². The maximum Gasteiger partial charge on any atom is 0.240 e. The summed E-state index contributed by atoms with van der Waals surface area (Å²) in [5, 5.41) is 3.23. The molecule has 0 radical (unpaired) electrons. The lowest BCUT2D eigenvalue weighted by Gasteiger charge is -2.36. The van der Waals surface area contributed by atoms with E-state index in [0.717, 1.165) is 38.0 Å². The molecule has 0 aromatic heterocycles. The second kappa shape index (κ2) is 7.04. The highest BCUT2D eigenvalue weighted by molar-refractivity contribution is 5.84. The number of rotatable bonds is 4. The van der Waals surface area contributed by atoms with E-state index in [4.69, 9.17) is 0 Å². The summed E-state index contributed by atoms with van der Waals surface area (Å²) in [5.41, 5.74) is 1.12. The van der Waals surface area contributed by atoms with Gasteiger partial charge in [-0.1, -0.05) is 6.08 Å². The molecule has 6 heteroatoms. The van der Waals surface area contributed by atoms with Crippen LogP contribution in [-0.2, 0) is 9.59 Å². The Morgan fingerprint density at radius 1 is 1.38 bits per heavy atom. The summed E-state index contributed by atoms with van der Waals surface area (Å²) < 4.78 is 0. The van der Waals surface area contributed by atoms with Crippen molar-refractivity contribution >= 4 is 11.8 Å². The lowest BCUT2D eigenvalue weighted by Crippen LogP contribution is -2.59. The van der Waals surface area contributed by atoms with E-state index in [-0.39, 0.29) is 17.9 Å². The summed E-state index contributed by atoms with van der Waals surface area (Å²) in [6, 6.07) is -0.247. The first kappa shape index (κ1) is 16.0. The first-order valence-electron chi connectivity index (χ1n) is 7.62. The zero-order valence-electron chi connectivity index (χ0n) is 13.3. The highest BCUT2D eigenvalue weighted by Crippen LogP contribution is 2.20. The first-order valence-corrected chi connectivity index (χ1v) is 7.62. The molecular weight excluding hydrogens is 268 g/mol. The summed E-state index contributed by atoms with van der Waals surface area (Å²) in [6.07, 6.45) is 5.30. The molecule has 0 aromatic carbocycles. The molecule has 2 aliphatic rings. The van der Waals surface area contributed by atoms with Gasteiger partial charge in [0, 0.05) is 46.5 Å². The smallest absolute Gasteiger partial charge is 0.240 e. The van der Waals surface area contributed by atoms with Gasteiger partial charge in [0.25, 0.3) is 0 Å². The third-order valence-electron chi connectivity index (χ3n) is 4.24. The van der Waals surface area contributed by atoms with Crippen LogP contribution in [0.15, 0.2) is 11.8 Å². The zero-order valence-corrected chi connectivity index (χ0v) is 13.3. The number of amides is 2. The standard InChI is InChI=1S/C15H26N4O2/c1-17(2)15(21)13-10-16-8-9-19(13)11-14(20)18(3)12-6-4-5-7-12/h6,13,16H,4-5,7-11H2,1-3H3. The van der Waals surface area contributed by atoms with E-state index in [1.165, 1.54) is 0 Å². The fourth-order valence-electron chi connectivity index (χ4n) is 2.88. The van der Waals surface area contributed by atoms with E-state index in [1.807, 2.05) is 11.9 Å². The molecule has 0 spiro atoms. The van der Waals surface area contributed by atoms with Crippen molar-refractivity contribution in [3.8, 4) is 0 Å². The largest absolute Gasteiger partial charge is 0.347 e. The third kappa shape index (κ3) is 3.83. The number of piperazine rings is 1. The monoisotopic (exact) mass is 294 g/mol. The second-order valence-electron chi connectivity index (χ2n) is 5.96. The highest BCUT2D eigenvalue weighted by Gasteiger charge is 2.31. The molecule has 0 bridgehead atoms. The van der Waals surface area contributed by atoms with Crippen molar-refractivity contribution in [2.24, 2.45) is 0 Å². The first-order chi connectivity index (χ1) is 10.0. The minimum Gasteiger partial charge on any atom is -0.347 e. The van der Waals surface area contributed by atoms with E-state index in [1.54, 1.807) is 23.9 Å². The van der Waals surface area contributed by atoms with Gasteiger partial charge >= 0.3 is 0 Å². The van der Waals surface area contributed by atoms with Crippen LogP contribution in [0.4, 0.5) is 0 Å². The van der Waals surface area contributed by atoms with Gasteiger partial charge in [-0.05, 0) is 19.3 Å². The van der Waals surface area contributed by atoms with Gasteiger partial charge in [0.05, 0.1) is 6.54 Å². The van der Waals surface area contributed by atoms with Gasteiger partial charge in [-0.3, -0.25) is 14.5 Å². The van der Waals surface area contributed by atoms with E-state index >= 15 is 0 Å². The number of carbonyl (C=O) groups excluding carboxylic acids is 2. The van der Waals surface area contributed by atoms with Gasteiger partial charge in [-0.2, -0.15) is 0 Å². The molecule has 6 nitrogen and oxygen atoms in total. The van der Waals surface area contributed by atoms with Crippen LogP contribution in [-0.4, -0.2) is 79.9 Å². The third-order valence-corrected chi connectivity index (χ3v) is 4.24. The average molecular weight is 294 g/mol. The molecule has 1 fully saturated rings. The van der Waals surface area contributed by atoms with Crippen LogP contribution >= 0.6 is 0 Å². The van der Waals surface area contributed by atoms with E-state index in [9.17, 15) is 9.59 Å². The van der Waals surface area contributed by atoms with Crippen LogP contribution in [0.1, 0.15) is 19.3 Å². The number of nitrogens with zero attached hydrogens (tertiary/aromatic N) is 3. The minimum atomic E-state index is -0.247. The second-order valence-corrected chi connectivity index (χ2v) is 5.96. The molecule has 1 aliphatic carbocycles. The number of likely N-dealkylation sites (N-methyl/N-ethyl adjacent to an activating group) is 2. The molecule has 1 aliphatic heterocycles. The Hall–Kier alpha value is -1.40. The van der Waals surface area contributed by atoms with Crippen LogP contribution in [0, 0.1) is 0 Å². The molecule has 2 amide bonds. The number of hydrogen-bond donors (Lipinski definition) is 1. The van der Waals surface area contributed by atoms with Crippen LogP contribution in [0.5, 0.6) is 0 Å². The van der Waals surface area contributed by atoms with Crippen molar-refractivity contribution in [2.45, 2.75) is 25.3 Å².